The summed E-state index contributed by atoms with van der Waals surface area (Å²) >= 11 is 0. The standard InChI is InChI=1S/C13H14N2O3/c1-8-5-11(16)3-4-12(8)13(17)14-7-10-6-9(2)18-15-10/h3-6,16H,7H2,1-2H3,(H,14,17). The van der Waals surface area contributed by atoms with Crippen LogP contribution in [0.25, 0.3) is 0 Å². The molecule has 0 bridgehead atoms. The summed E-state index contributed by atoms with van der Waals surface area (Å²) in [5.41, 5.74) is 1.94. The molecular weight excluding hydrogens is 232 g/mol. The van der Waals surface area contributed by atoms with Crippen LogP contribution in [0.4, 0.5) is 0 Å². The van der Waals surface area contributed by atoms with Gasteiger partial charge in [-0.25, -0.2) is 0 Å². The predicted molar refractivity (Wildman–Crippen MR) is 65.3 cm³/mol. The summed E-state index contributed by atoms with van der Waals surface area (Å²) in [6.07, 6.45) is 0. The summed E-state index contributed by atoms with van der Waals surface area (Å²) in [5, 5.41) is 15.8. The van der Waals surface area contributed by atoms with Crippen LogP contribution in [0.3, 0.4) is 0 Å². The van der Waals surface area contributed by atoms with Gasteiger partial charge in [-0.05, 0) is 37.6 Å². The first-order chi connectivity index (χ1) is 8.56. The normalized spacial score (nSPS) is 10.3. The molecule has 0 saturated carbocycles. The van der Waals surface area contributed by atoms with Crippen molar-refractivity contribution >= 4 is 5.91 Å². The zero-order valence-corrected chi connectivity index (χ0v) is 10.2. The van der Waals surface area contributed by atoms with E-state index >= 15 is 0 Å². The van der Waals surface area contributed by atoms with Gasteiger partial charge in [0.25, 0.3) is 5.91 Å². The van der Waals surface area contributed by atoms with Gasteiger partial charge in [0, 0.05) is 11.6 Å². The number of nitrogens with one attached hydrogen (secondary N) is 1. The molecule has 0 radical (unpaired) electrons. The first kappa shape index (κ1) is 12.2. The zero-order chi connectivity index (χ0) is 13.1. The molecule has 0 aliphatic rings. The van der Waals surface area contributed by atoms with Gasteiger partial charge in [0.1, 0.15) is 17.2 Å². The van der Waals surface area contributed by atoms with Crippen molar-refractivity contribution in [1.82, 2.24) is 10.5 Å². The molecule has 5 heteroatoms. The fourth-order valence-corrected chi connectivity index (χ4v) is 1.67. The van der Waals surface area contributed by atoms with Gasteiger partial charge in [-0.15, -0.1) is 0 Å². The highest BCUT2D eigenvalue weighted by molar-refractivity contribution is 5.95. The molecule has 1 aromatic heterocycles. The van der Waals surface area contributed by atoms with Crippen molar-refractivity contribution in [2.45, 2.75) is 20.4 Å². The Bertz CT molecular complexity index is 575. The fraction of sp³-hybridized carbons (Fsp3) is 0.231. The number of hydrogen-bond acceptors (Lipinski definition) is 4. The van der Waals surface area contributed by atoms with Crippen molar-refractivity contribution in [2.24, 2.45) is 0 Å². The molecule has 2 N–H and O–H groups in total. The molecule has 2 aromatic rings. The van der Waals surface area contributed by atoms with E-state index < -0.39 is 0 Å². The number of carbonyl (C=O) groups excluding carboxylic acids is 1. The van der Waals surface area contributed by atoms with E-state index in [-0.39, 0.29) is 11.7 Å². The Balaban J connectivity index is 2.03. The van der Waals surface area contributed by atoms with E-state index in [2.05, 4.69) is 10.5 Å². The summed E-state index contributed by atoms with van der Waals surface area (Å²) in [6.45, 7) is 3.88. The number of aromatic hydroxyl groups is 1. The molecular formula is C13H14N2O3. The van der Waals surface area contributed by atoms with Crippen molar-refractivity contribution in [1.29, 1.82) is 0 Å². The third-order valence-electron chi connectivity index (χ3n) is 2.56. The molecule has 0 atom stereocenters. The summed E-state index contributed by atoms with van der Waals surface area (Å²) < 4.78 is 4.91. The zero-order valence-electron chi connectivity index (χ0n) is 10.2. The molecule has 1 heterocycles. The number of aryl methyl sites for hydroxylation is 2. The lowest BCUT2D eigenvalue weighted by atomic mass is 10.1. The van der Waals surface area contributed by atoms with Crippen molar-refractivity contribution in [3.05, 3.63) is 46.8 Å². The van der Waals surface area contributed by atoms with E-state index in [0.29, 0.717) is 23.6 Å². The van der Waals surface area contributed by atoms with Crippen molar-refractivity contribution < 1.29 is 14.4 Å². The van der Waals surface area contributed by atoms with Gasteiger partial charge in [0.2, 0.25) is 0 Å². The second-order valence-corrected chi connectivity index (χ2v) is 4.11. The Kier molecular flexibility index (Phi) is 3.32. The largest absolute Gasteiger partial charge is 0.508 e. The lowest BCUT2D eigenvalue weighted by molar-refractivity contribution is 0.0949. The van der Waals surface area contributed by atoms with Crippen LogP contribution in [-0.4, -0.2) is 16.2 Å². The van der Waals surface area contributed by atoms with E-state index in [1.807, 2.05) is 0 Å². The van der Waals surface area contributed by atoms with E-state index in [1.165, 1.54) is 6.07 Å². The van der Waals surface area contributed by atoms with Crippen LogP contribution in [0.2, 0.25) is 0 Å². The quantitative estimate of drug-likeness (QED) is 0.867. The van der Waals surface area contributed by atoms with Crippen molar-refractivity contribution in [2.75, 3.05) is 0 Å². The summed E-state index contributed by atoms with van der Waals surface area (Å²) in [5.74, 6) is 0.657. The van der Waals surface area contributed by atoms with Gasteiger partial charge in [-0.2, -0.15) is 0 Å². The highest BCUT2D eigenvalue weighted by Gasteiger charge is 2.10. The lowest BCUT2D eigenvalue weighted by Crippen LogP contribution is -2.23. The number of phenols is 1. The third-order valence-corrected chi connectivity index (χ3v) is 2.56. The molecule has 2 rings (SSSR count). The van der Waals surface area contributed by atoms with E-state index in [9.17, 15) is 9.90 Å². The third kappa shape index (κ3) is 2.68. The molecule has 0 aliphatic carbocycles. The maximum absolute atomic E-state index is 11.9. The fourth-order valence-electron chi connectivity index (χ4n) is 1.67. The van der Waals surface area contributed by atoms with Crippen LogP contribution < -0.4 is 5.32 Å². The van der Waals surface area contributed by atoms with Crippen LogP contribution in [0.1, 0.15) is 27.4 Å². The Morgan fingerprint density at radius 1 is 1.39 bits per heavy atom. The number of phenolic OH excluding ortho intramolecular Hbond substituents is 1. The second kappa shape index (κ2) is 4.91. The van der Waals surface area contributed by atoms with Crippen LogP contribution in [0.5, 0.6) is 5.75 Å². The molecule has 0 spiro atoms. The minimum Gasteiger partial charge on any atom is -0.508 e. The van der Waals surface area contributed by atoms with Gasteiger partial charge in [-0.3, -0.25) is 4.79 Å². The SMILES string of the molecule is Cc1cc(CNC(=O)c2ccc(O)cc2C)no1. The summed E-state index contributed by atoms with van der Waals surface area (Å²) in [6, 6.07) is 6.40. The average molecular weight is 246 g/mol. The maximum atomic E-state index is 11.9. The highest BCUT2D eigenvalue weighted by Crippen LogP contribution is 2.15. The lowest BCUT2D eigenvalue weighted by Gasteiger charge is -2.06. The summed E-state index contributed by atoms with van der Waals surface area (Å²) in [4.78, 5) is 11.9. The first-order valence-electron chi connectivity index (χ1n) is 5.56. The minimum atomic E-state index is -0.201. The van der Waals surface area contributed by atoms with Crippen LogP contribution >= 0.6 is 0 Å². The monoisotopic (exact) mass is 246 g/mol. The Hall–Kier alpha value is -2.30. The minimum absolute atomic E-state index is 0.149. The number of nitrogens with zero attached hydrogens (tertiary/aromatic N) is 1. The van der Waals surface area contributed by atoms with E-state index in [1.54, 1.807) is 32.0 Å². The molecule has 5 nitrogen and oxygen atoms in total. The number of aromatic nitrogens is 1. The van der Waals surface area contributed by atoms with Crippen LogP contribution in [0.15, 0.2) is 28.8 Å². The van der Waals surface area contributed by atoms with Crippen LogP contribution in [0, 0.1) is 13.8 Å². The van der Waals surface area contributed by atoms with Gasteiger partial charge in [0.15, 0.2) is 0 Å². The van der Waals surface area contributed by atoms with E-state index in [0.717, 1.165) is 5.56 Å². The number of benzene rings is 1. The maximum Gasteiger partial charge on any atom is 0.251 e. The molecule has 0 fully saturated rings. The second-order valence-electron chi connectivity index (χ2n) is 4.11. The molecule has 94 valence electrons. The number of carbonyl (C=O) groups is 1. The molecule has 1 amide bonds. The van der Waals surface area contributed by atoms with Crippen molar-refractivity contribution in [3.8, 4) is 5.75 Å². The van der Waals surface area contributed by atoms with Gasteiger partial charge in [-0.1, -0.05) is 5.16 Å². The van der Waals surface area contributed by atoms with Gasteiger partial charge in [0.05, 0.1) is 6.54 Å². The van der Waals surface area contributed by atoms with Crippen molar-refractivity contribution in [3.63, 3.8) is 0 Å². The Morgan fingerprint density at radius 2 is 2.17 bits per heavy atom. The van der Waals surface area contributed by atoms with Gasteiger partial charge >= 0.3 is 0 Å². The molecule has 18 heavy (non-hydrogen) atoms. The Morgan fingerprint density at radius 3 is 2.78 bits per heavy atom. The topological polar surface area (TPSA) is 75.4 Å². The molecule has 0 saturated heterocycles. The van der Waals surface area contributed by atoms with Gasteiger partial charge < -0.3 is 14.9 Å². The first-order valence-corrected chi connectivity index (χ1v) is 5.56. The number of amides is 1. The van der Waals surface area contributed by atoms with E-state index in [4.69, 9.17) is 4.52 Å². The Labute approximate surface area is 104 Å². The highest BCUT2D eigenvalue weighted by atomic mass is 16.5. The number of rotatable bonds is 3. The summed E-state index contributed by atoms with van der Waals surface area (Å²) in [7, 11) is 0. The number of hydrogen-bond donors (Lipinski definition) is 2. The predicted octanol–water partition coefficient (Wildman–Crippen LogP) is 1.93. The molecule has 1 aromatic carbocycles. The average Bonchev–Trinajstić information content (AvgIpc) is 2.72. The van der Waals surface area contributed by atoms with Crippen LogP contribution in [-0.2, 0) is 6.54 Å². The molecule has 0 aliphatic heterocycles. The smallest absolute Gasteiger partial charge is 0.251 e. The molecule has 0 unspecified atom stereocenters.